The summed E-state index contributed by atoms with van der Waals surface area (Å²) in [5.41, 5.74) is 2.37. The smallest absolute Gasteiger partial charge is 0.341 e. The van der Waals surface area contributed by atoms with E-state index in [2.05, 4.69) is 11.4 Å². The van der Waals surface area contributed by atoms with Gasteiger partial charge >= 0.3 is 5.97 Å². The van der Waals surface area contributed by atoms with Crippen molar-refractivity contribution in [2.75, 3.05) is 14.2 Å². The van der Waals surface area contributed by atoms with E-state index in [0.29, 0.717) is 17.9 Å². The minimum absolute atomic E-state index is 0.00311. The number of hydrogen-bond acceptors (Lipinski definition) is 5. The molecule has 6 heteroatoms. The van der Waals surface area contributed by atoms with Crippen molar-refractivity contribution in [3.05, 3.63) is 59.2 Å². The molecule has 0 aliphatic carbocycles. The Bertz CT molecular complexity index is 781. The Balaban J connectivity index is 1.64. The lowest BCUT2D eigenvalue weighted by atomic mass is 10.1. The van der Waals surface area contributed by atoms with Crippen molar-refractivity contribution in [1.82, 2.24) is 5.32 Å². The molecule has 1 aliphatic heterocycles. The van der Waals surface area contributed by atoms with Crippen molar-refractivity contribution in [2.24, 2.45) is 0 Å². The van der Waals surface area contributed by atoms with E-state index in [0.717, 1.165) is 12.0 Å². The van der Waals surface area contributed by atoms with Crippen LogP contribution in [0.25, 0.3) is 0 Å². The number of carbonyl (C=O) groups is 2. The zero-order valence-electron chi connectivity index (χ0n) is 14.1. The molecule has 2 aromatic carbocycles. The van der Waals surface area contributed by atoms with E-state index < -0.39 is 5.97 Å². The largest absolute Gasteiger partial charge is 0.496 e. The topological polar surface area (TPSA) is 64.6 Å². The van der Waals surface area contributed by atoms with Gasteiger partial charge in [-0.05, 0) is 35.7 Å². The molecule has 0 unspecified atom stereocenters. The maximum Gasteiger partial charge on any atom is 0.341 e. The first kappa shape index (κ1) is 17.4. The maximum atomic E-state index is 12.4. The van der Waals surface area contributed by atoms with Gasteiger partial charge in [-0.3, -0.25) is 4.79 Å². The van der Waals surface area contributed by atoms with E-state index in [1.54, 1.807) is 23.9 Å². The number of thioether (sulfide) groups is 1. The van der Waals surface area contributed by atoms with Gasteiger partial charge in [0.25, 0.3) is 0 Å². The molecule has 3 rings (SSSR count). The molecule has 0 saturated carbocycles. The van der Waals surface area contributed by atoms with Gasteiger partial charge in [-0.25, -0.2) is 4.79 Å². The highest BCUT2D eigenvalue weighted by Crippen LogP contribution is 2.36. The van der Waals surface area contributed by atoms with Gasteiger partial charge in [0, 0.05) is 11.4 Å². The van der Waals surface area contributed by atoms with Gasteiger partial charge in [-0.1, -0.05) is 24.3 Å². The Kier molecular flexibility index (Phi) is 5.28. The molecule has 0 spiro atoms. The van der Waals surface area contributed by atoms with Gasteiger partial charge in [0.05, 0.1) is 19.5 Å². The summed E-state index contributed by atoms with van der Waals surface area (Å²) in [4.78, 5) is 25.4. The minimum atomic E-state index is -0.466. The van der Waals surface area contributed by atoms with Crippen LogP contribution >= 0.6 is 11.8 Å². The molecule has 0 aromatic heterocycles. The first-order valence-corrected chi connectivity index (χ1v) is 8.78. The van der Waals surface area contributed by atoms with Gasteiger partial charge < -0.3 is 14.8 Å². The number of fused-ring (bicyclic) bond motifs is 1. The van der Waals surface area contributed by atoms with E-state index in [1.165, 1.54) is 24.7 Å². The predicted molar refractivity (Wildman–Crippen MR) is 96.0 cm³/mol. The standard InChI is InChI=1S/C19H19NO4S/c1-23-15-8-7-12(9-14(15)19(22)24-2)11-20-18(21)17-10-13-5-3-4-6-16(13)25-17/h3-9,17H,10-11H2,1-2H3,(H,20,21)/t17-/m0/s1. The summed E-state index contributed by atoms with van der Waals surface area (Å²) in [6, 6.07) is 13.3. The summed E-state index contributed by atoms with van der Waals surface area (Å²) in [6.45, 7) is 0.347. The van der Waals surface area contributed by atoms with Gasteiger partial charge in [0.1, 0.15) is 11.3 Å². The van der Waals surface area contributed by atoms with E-state index in [-0.39, 0.29) is 11.2 Å². The van der Waals surface area contributed by atoms with Gasteiger partial charge in [0.2, 0.25) is 5.91 Å². The van der Waals surface area contributed by atoms with Crippen LogP contribution in [0.1, 0.15) is 21.5 Å². The molecule has 130 valence electrons. The maximum absolute atomic E-state index is 12.4. The molecular formula is C19H19NO4S. The van der Waals surface area contributed by atoms with E-state index in [4.69, 9.17) is 9.47 Å². The van der Waals surface area contributed by atoms with Gasteiger partial charge in [0.15, 0.2) is 0 Å². The van der Waals surface area contributed by atoms with Crippen molar-refractivity contribution in [3.63, 3.8) is 0 Å². The van der Waals surface area contributed by atoms with Crippen molar-refractivity contribution < 1.29 is 19.1 Å². The number of hydrogen-bond donors (Lipinski definition) is 1. The normalized spacial score (nSPS) is 15.4. The first-order valence-electron chi connectivity index (χ1n) is 7.90. The molecule has 1 aliphatic rings. The third-order valence-corrected chi connectivity index (χ3v) is 5.39. The van der Waals surface area contributed by atoms with E-state index in [9.17, 15) is 9.59 Å². The molecule has 0 fully saturated rings. The van der Waals surface area contributed by atoms with Gasteiger partial charge in [-0.2, -0.15) is 0 Å². The van der Waals surface area contributed by atoms with Gasteiger partial charge in [-0.15, -0.1) is 11.8 Å². The highest BCUT2D eigenvalue weighted by molar-refractivity contribution is 8.01. The molecule has 0 saturated heterocycles. The molecule has 5 nitrogen and oxygen atoms in total. The van der Waals surface area contributed by atoms with Crippen LogP contribution in [-0.2, 0) is 22.5 Å². The summed E-state index contributed by atoms with van der Waals surface area (Å²) in [6.07, 6.45) is 0.739. The zero-order chi connectivity index (χ0) is 17.8. The number of esters is 1. The Morgan fingerprint density at radius 2 is 2.00 bits per heavy atom. The SMILES string of the molecule is COC(=O)c1cc(CNC(=O)[C@@H]2Cc3ccccc3S2)ccc1OC. The quantitative estimate of drug-likeness (QED) is 0.834. The fraction of sp³-hybridized carbons (Fsp3) is 0.263. The average Bonchev–Trinajstić information content (AvgIpc) is 3.09. The van der Waals surface area contributed by atoms with Crippen molar-refractivity contribution in [1.29, 1.82) is 0 Å². The number of benzene rings is 2. The lowest BCUT2D eigenvalue weighted by Gasteiger charge is -2.12. The predicted octanol–water partition coefficient (Wildman–Crippen LogP) is 2.82. The molecular weight excluding hydrogens is 338 g/mol. The lowest BCUT2D eigenvalue weighted by molar-refractivity contribution is -0.120. The van der Waals surface area contributed by atoms with Crippen LogP contribution in [0.2, 0.25) is 0 Å². The number of carbonyl (C=O) groups excluding carboxylic acids is 2. The number of rotatable bonds is 5. The van der Waals surface area contributed by atoms with E-state index >= 15 is 0 Å². The summed E-state index contributed by atoms with van der Waals surface area (Å²) in [5.74, 6) is -0.0211. The highest BCUT2D eigenvalue weighted by Gasteiger charge is 2.27. The summed E-state index contributed by atoms with van der Waals surface area (Å²) in [7, 11) is 2.82. The fourth-order valence-electron chi connectivity index (χ4n) is 2.77. The number of methoxy groups -OCH3 is 2. The van der Waals surface area contributed by atoms with Crippen LogP contribution in [0.15, 0.2) is 47.4 Å². The molecule has 1 atom stereocenters. The second kappa shape index (κ2) is 7.61. The summed E-state index contributed by atoms with van der Waals surface area (Å²) < 4.78 is 9.94. The second-order valence-electron chi connectivity index (χ2n) is 5.66. The third kappa shape index (κ3) is 3.79. The molecule has 0 bridgehead atoms. The molecule has 2 aromatic rings. The Morgan fingerprint density at radius 3 is 2.72 bits per heavy atom. The summed E-state index contributed by atoms with van der Waals surface area (Å²) >= 11 is 1.59. The molecule has 1 heterocycles. The average molecular weight is 357 g/mol. The fourth-order valence-corrected chi connectivity index (χ4v) is 3.99. The Labute approximate surface area is 150 Å². The van der Waals surface area contributed by atoms with Crippen LogP contribution in [0.3, 0.4) is 0 Å². The highest BCUT2D eigenvalue weighted by atomic mass is 32.2. The molecule has 25 heavy (non-hydrogen) atoms. The number of nitrogens with one attached hydrogen (secondary N) is 1. The number of amides is 1. The van der Waals surface area contributed by atoms with Crippen LogP contribution in [0.4, 0.5) is 0 Å². The van der Waals surface area contributed by atoms with Crippen LogP contribution in [0.5, 0.6) is 5.75 Å². The number of ether oxygens (including phenoxy) is 2. The Hall–Kier alpha value is -2.47. The third-order valence-electron chi connectivity index (χ3n) is 4.08. The van der Waals surface area contributed by atoms with Crippen molar-refractivity contribution in [2.45, 2.75) is 23.1 Å². The monoisotopic (exact) mass is 357 g/mol. The second-order valence-corrected chi connectivity index (χ2v) is 6.91. The Morgan fingerprint density at radius 1 is 1.20 bits per heavy atom. The van der Waals surface area contributed by atoms with Crippen LogP contribution < -0.4 is 10.1 Å². The van der Waals surface area contributed by atoms with Crippen molar-refractivity contribution in [3.8, 4) is 5.75 Å². The molecule has 0 radical (unpaired) electrons. The molecule has 1 amide bonds. The van der Waals surface area contributed by atoms with Crippen molar-refractivity contribution >= 4 is 23.6 Å². The minimum Gasteiger partial charge on any atom is -0.496 e. The zero-order valence-corrected chi connectivity index (χ0v) is 14.9. The first-order chi connectivity index (χ1) is 12.1. The lowest BCUT2D eigenvalue weighted by Crippen LogP contribution is -2.32. The molecule has 1 N–H and O–H groups in total. The van der Waals surface area contributed by atoms with Crippen LogP contribution in [-0.4, -0.2) is 31.3 Å². The van der Waals surface area contributed by atoms with Crippen LogP contribution in [0, 0.1) is 0 Å². The van der Waals surface area contributed by atoms with E-state index in [1.807, 2.05) is 24.3 Å². The summed E-state index contributed by atoms with van der Waals surface area (Å²) in [5, 5.41) is 2.83.